The van der Waals surface area contributed by atoms with Gasteiger partial charge in [-0.2, -0.15) is 0 Å². The Morgan fingerprint density at radius 3 is 2.45 bits per heavy atom. The molecule has 0 amide bonds. The molecule has 0 saturated heterocycles. The Morgan fingerprint density at radius 1 is 1.19 bits per heavy atom. The number of rotatable bonds is 9. The molecule has 168 valence electrons. The van der Waals surface area contributed by atoms with Gasteiger partial charge in [0.15, 0.2) is 0 Å². The van der Waals surface area contributed by atoms with Gasteiger partial charge in [-0.25, -0.2) is 0 Å². The summed E-state index contributed by atoms with van der Waals surface area (Å²) in [5.74, 6) is 1.18. The van der Waals surface area contributed by atoms with Gasteiger partial charge in [0, 0.05) is 0 Å². The first-order valence-electron chi connectivity index (χ1n) is 10.5. The molecule has 31 heavy (non-hydrogen) atoms. The second-order valence-electron chi connectivity index (χ2n) is 8.66. The fraction of sp³-hybridized carbons (Fsp3) is 0.478. The SMILES string of the molecule is CCOCc1nc2c(N)nc(C)c([Se]c3ccc(CN(C)C)cc3)c2n1CC(C)(C)O. The van der Waals surface area contributed by atoms with Crippen LogP contribution in [0.5, 0.6) is 0 Å². The Hall–Kier alpha value is -1.96. The predicted octanol–water partition coefficient (Wildman–Crippen LogP) is 1.35. The van der Waals surface area contributed by atoms with Crippen molar-refractivity contribution in [2.24, 2.45) is 0 Å². The van der Waals surface area contributed by atoms with Crippen LogP contribution in [0.15, 0.2) is 24.3 Å². The minimum absolute atomic E-state index is 0.0138. The first kappa shape index (κ1) is 23.7. The third kappa shape index (κ3) is 5.84. The summed E-state index contributed by atoms with van der Waals surface area (Å²) in [6, 6.07) is 8.75. The van der Waals surface area contributed by atoms with E-state index in [-0.39, 0.29) is 15.0 Å². The molecule has 0 radical (unpaired) electrons. The quantitative estimate of drug-likeness (QED) is 0.441. The number of nitrogen functional groups attached to an aromatic ring is 1. The van der Waals surface area contributed by atoms with Gasteiger partial charge < -0.3 is 0 Å². The van der Waals surface area contributed by atoms with Crippen LogP contribution < -0.4 is 14.7 Å². The molecular weight excluding hydrogens is 457 g/mol. The predicted molar refractivity (Wildman–Crippen MR) is 127 cm³/mol. The summed E-state index contributed by atoms with van der Waals surface area (Å²) in [5.41, 5.74) is 9.20. The molecule has 0 spiro atoms. The summed E-state index contributed by atoms with van der Waals surface area (Å²) in [5, 5.41) is 10.6. The van der Waals surface area contributed by atoms with E-state index in [0.29, 0.717) is 31.1 Å². The normalized spacial score (nSPS) is 12.3. The van der Waals surface area contributed by atoms with E-state index in [4.69, 9.17) is 15.5 Å². The molecule has 0 bridgehead atoms. The zero-order chi connectivity index (χ0) is 22.8. The van der Waals surface area contributed by atoms with Crippen LogP contribution in [-0.2, 0) is 24.4 Å². The van der Waals surface area contributed by atoms with Gasteiger partial charge in [0.05, 0.1) is 0 Å². The van der Waals surface area contributed by atoms with Crippen LogP contribution in [0.4, 0.5) is 5.82 Å². The molecule has 1 aromatic carbocycles. The summed E-state index contributed by atoms with van der Waals surface area (Å²) in [7, 11) is 4.14. The van der Waals surface area contributed by atoms with E-state index in [2.05, 4.69) is 52.8 Å². The summed E-state index contributed by atoms with van der Waals surface area (Å²) >= 11 is 0.0138. The summed E-state index contributed by atoms with van der Waals surface area (Å²) in [6.07, 6.45) is 0. The van der Waals surface area contributed by atoms with Gasteiger partial charge >= 0.3 is 191 Å². The number of nitrogens with two attached hydrogens (primary N) is 1. The van der Waals surface area contributed by atoms with Crippen LogP contribution in [-0.4, -0.2) is 65.8 Å². The van der Waals surface area contributed by atoms with Crippen molar-refractivity contribution in [1.29, 1.82) is 0 Å². The number of aryl methyl sites for hydroxylation is 1. The molecule has 0 aliphatic carbocycles. The number of fused-ring (bicyclic) bond motifs is 1. The minimum atomic E-state index is -0.904. The number of hydrogen-bond donors (Lipinski definition) is 2. The molecule has 0 fully saturated rings. The van der Waals surface area contributed by atoms with Crippen molar-refractivity contribution in [2.45, 2.75) is 53.0 Å². The van der Waals surface area contributed by atoms with Gasteiger partial charge in [0.25, 0.3) is 0 Å². The Morgan fingerprint density at radius 2 is 1.87 bits per heavy atom. The van der Waals surface area contributed by atoms with E-state index in [1.807, 2.05) is 13.8 Å². The third-order valence-corrected chi connectivity index (χ3v) is 7.26. The number of nitrogens with zero attached hydrogens (tertiary/aromatic N) is 4. The van der Waals surface area contributed by atoms with E-state index in [0.717, 1.165) is 28.0 Å². The molecule has 0 aliphatic rings. The average molecular weight is 491 g/mol. The van der Waals surface area contributed by atoms with Crippen LogP contribution >= 0.6 is 0 Å². The van der Waals surface area contributed by atoms with Crippen molar-refractivity contribution in [2.75, 3.05) is 26.4 Å². The molecule has 0 unspecified atom stereocenters. The number of aliphatic hydroxyl groups is 1. The third-order valence-electron chi connectivity index (χ3n) is 4.74. The van der Waals surface area contributed by atoms with Gasteiger partial charge in [-0.15, -0.1) is 0 Å². The van der Waals surface area contributed by atoms with Gasteiger partial charge in [-0.1, -0.05) is 0 Å². The van der Waals surface area contributed by atoms with Gasteiger partial charge in [-0.3, -0.25) is 0 Å². The number of ether oxygens (including phenoxy) is 1. The van der Waals surface area contributed by atoms with Crippen molar-refractivity contribution in [3.8, 4) is 0 Å². The van der Waals surface area contributed by atoms with Gasteiger partial charge in [0.1, 0.15) is 0 Å². The Labute approximate surface area is 190 Å². The molecule has 3 aromatic rings. The fourth-order valence-corrected chi connectivity index (χ4v) is 5.60. The van der Waals surface area contributed by atoms with E-state index in [1.165, 1.54) is 10.0 Å². The number of benzene rings is 1. The van der Waals surface area contributed by atoms with E-state index < -0.39 is 5.60 Å². The van der Waals surface area contributed by atoms with Crippen LogP contribution in [0.1, 0.15) is 37.9 Å². The molecular formula is C23H33N5O2Se. The Balaban J connectivity index is 2.10. The molecule has 0 aliphatic heterocycles. The standard InChI is InChI=1S/C23H33N5O2Se/c1-7-30-13-18-26-19-20(28(18)14-23(3,4)29)21(15(2)25-22(19)24)31-17-10-8-16(9-11-17)12-27(5)6/h8-11,29H,7,12-14H2,1-6H3,(H2,24,25). The average Bonchev–Trinajstić information content (AvgIpc) is 3.01. The van der Waals surface area contributed by atoms with E-state index >= 15 is 0 Å². The molecule has 0 atom stereocenters. The zero-order valence-corrected chi connectivity index (χ0v) is 21.0. The van der Waals surface area contributed by atoms with E-state index in [1.54, 1.807) is 13.8 Å². The number of aromatic nitrogens is 3. The number of hydrogen-bond acceptors (Lipinski definition) is 6. The summed E-state index contributed by atoms with van der Waals surface area (Å²) in [6.45, 7) is 9.83. The van der Waals surface area contributed by atoms with Crippen LogP contribution in [0.25, 0.3) is 11.0 Å². The Kier molecular flexibility index (Phi) is 7.39. The zero-order valence-electron chi connectivity index (χ0n) is 19.3. The molecule has 2 aromatic heterocycles. The molecule has 0 saturated carbocycles. The molecule has 7 nitrogen and oxygen atoms in total. The van der Waals surface area contributed by atoms with Crippen molar-refractivity contribution >= 4 is 40.7 Å². The summed E-state index contributed by atoms with van der Waals surface area (Å²) < 4.78 is 10.1. The monoisotopic (exact) mass is 491 g/mol. The molecule has 8 heteroatoms. The number of pyridine rings is 1. The second-order valence-corrected chi connectivity index (χ2v) is 10.9. The summed E-state index contributed by atoms with van der Waals surface area (Å²) in [4.78, 5) is 11.5. The van der Waals surface area contributed by atoms with Crippen LogP contribution in [0, 0.1) is 6.92 Å². The van der Waals surface area contributed by atoms with Crippen LogP contribution in [0.3, 0.4) is 0 Å². The van der Waals surface area contributed by atoms with Crippen molar-refractivity contribution in [3.05, 3.63) is 41.3 Å². The van der Waals surface area contributed by atoms with Crippen molar-refractivity contribution < 1.29 is 9.84 Å². The van der Waals surface area contributed by atoms with Gasteiger partial charge in [0.2, 0.25) is 0 Å². The Bertz CT molecular complexity index is 1040. The second kappa shape index (κ2) is 9.67. The molecule has 2 heterocycles. The maximum absolute atomic E-state index is 10.6. The number of anilines is 1. The first-order chi connectivity index (χ1) is 14.6. The topological polar surface area (TPSA) is 89.4 Å². The van der Waals surface area contributed by atoms with Crippen molar-refractivity contribution in [1.82, 2.24) is 19.4 Å². The van der Waals surface area contributed by atoms with E-state index in [9.17, 15) is 5.11 Å². The van der Waals surface area contributed by atoms with Crippen LogP contribution in [0.2, 0.25) is 0 Å². The molecule has 3 rings (SSSR count). The van der Waals surface area contributed by atoms with Crippen molar-refractivity contribution in [3.63, 3.8) is 0 Å². The molecule has 3 N–H and O–H groups in total. The number of imidazole rings is 1. The van der Waals surface area contributed by atoms with Gasteiger partial charge in [-0.05, 0) is 0 Å². The maximum atomic E-state index is 10.6. The fourth-order valence-electron chi connectivity index (χ4n) is 3.49. The first-order valence-corrected chi connectivity index (χ1v) is 12.2.